The Morgan fingerprint density at radius 2 is 1.33 bits per heavy atom. The van der Waals surface area contributed by atoms with E-state index < -0.39 is 0 Å². The number of hydrogen-bond donors (Lipinski definition) is 2. The van der Waals surface area contributed by atoms with Crippen molar-refractivity contribution in [2.24, 2.45) is 10.2 Å². The van der Waals surface area contributed by atoms with E-state index in [1.54, 1.807) is 26.5 Å². The van der Waals surface area contributed by atoms with Crippen LogP contribution in [-0.2, 0) is 18.6 Å². The molecule has 0 aromatic carbocycles. The first-order chi connectivity index (χ1) is 6.86. The normalized spacial score (nSPS) is 8.56. The standard InChI is InChI=1S/C9H13N5.3ClH.V/c1-10-12-6-8-4-3-5-9(14-8)7-13-11-2;;;;/h3-7,10-11H,1-2H3;3*1H;/q;;;;+3/p-3. The Labute approximate surface area is 137 Å². The maximum atomic E-state index is 4.27. The summed E-state index contributed by atoms with van der Waals surface area (Å²) in [7, 11) is 3.48. The zero-order valence-corrected chi connectivity index (χ0v) is 13.5. The molecule has 100 valence electrons. The topological polar surface area (TPSA) is 61.7 Å². The van der Waals surface area contributed by atoms with E-state index in [0.717, 1.165) is 11.4 Å². The van der Waals surface area contributed by atoms with Crippen LogP contribution in [0.2, 0.25) is 0 Å². The number of pyridine rings is 1. The first-order valence-corrected chi connectivity index (χ1v) is 4.23. The minimum Gasteiger partial charge on any atom is -1.00 e. The van der Waals surface area contributed by atoms with Gasteiger partial charge in [0, 0.05) is 14.1 Å². The first kappa shape index (κ1) is 26.2. The molecule has 0 spiro atoms. The molecule has 0 aliphatic rings. The number of hydrogen-bond acceptors (Lipinski definition) is 5. The van der Waals surface area contributed by atoms with Gasteiger partial charge in [-0.1, -0.05) is 6.07 Å². The molecule has 0 unspecified atom stereocenters. The molecule has 1 aromatic heterocycles. The SMILES string of the molecule is CNN=Cc1cccc(C=NNC)n1.[Cl-].[Cl-].[Cl-].[V+3]. The number of rotatable bonds is 4. The van der Waals surface area contributed by atoms with E-state index in [0.29, 0.717) is 0 Å². The molecule has 1 aromatic rings. The van der Waals surface area contributed by atoms with Crippen molar-refractivity contribution in [2.45, 2.75) is 0 Å². The molecule has 18 heavy (non-hydrogen) atoms. The van der Waals surface area contributed by atoms with E-state index in [2.05, 4.69) is 26.0 Å². The summed E-state index contributed by atoms with van der Waals surface area (Å²) < 4.78 is 0. The van der Waals surface area contributed by atoms with Crippen LogP contribution in [0.1, 0.15) is 11.4 Å². The van der Waals surface area contributed by atoms with Gasteiger partial charge in [-0.3, -0.25) is 0 Å². The number of nitrogens with one attached hydrogen (secondary N) is 2. The van der Waals surface area contributed by atoms with Crippen LogP contribution in [-0.4, -0.2) is 31.5 Å². The average molecular weight is 349 g/mol. The Hall–Kier alpha value is -0.456. The number of hydrazone groups is 2. The summed E-state index contributed by atoms with van der Waals surface area (Å²) >= 11 is 0. The zero-order chi connectivity index (χ0) is 10.2. The van der Waals surface area contributed by atoms with Gasteiger partial charge < -0.3 is 48.1 Å². The molecule has 2 N–H and O–H groups in total. The Bertz CT molecular complexity index is 319. The second-order valence-electron chi connectivity index (χ2n) is 2.45. The number of halogens is 3. The Kier molecular flexibility index (Phi) is 24.1. The Morgan fingerprint density at radius 3 is 1.67 bits per heavy atom. The summed E-state index contributed by atoms with van der Waals surface area (Å²) in [5.41, 5.74) is 6.91. The predicted octanol–water partition coefficient (Wildman–Crippen LogP) is -8.80. The first-order valence-electron chi connectivity index (χ1n) is 4.23. The molecule has 1 rings (SSSR count). The van der Waals surface area contributed by atoms with Crippen LogP contribution >= 0.6 is 0 Å². The summed E-state index contributed by atoms with van der Waals surface area (Å²) in [6.45, 7) is 0. The molecule has 9 heteroatoms. The van der Waals surface area contributed by atoms with Crippen LogP contribution in [0.5, 0.6) is 0 Å². The van der Waals surface area contributed by atoms with Gasteiger partial charge >= 0.3 is 18.6 Å². The quantitative estimate of drug-likeness (QED) is 0.420. The van der Waals surface area contributed by atoms with Crippen molar-refractivity contribution in [3.63, 3.8) is 0 Å². The van der Waals surface area contributed by atoms with Gasteiger partial charge in [-0.25, -0.2) is 4.98 Å². The van der Waals surface area contributed by atoms with Gasteiger partial charge in [0.15, 0.2) is 0 Å². The number of aromatic nitrogens is 1. The van der Waals surface area contributed by atoms with Crippen LogP contribution in [0.25, 0.3) is 0 Å². The largest absolute Gasteiger partial charge is 3.00 e. The Balaban J connectivity index is -0.000000245. The van der Waals surface area contributed by atoms with Gasteiger partial charge in [0.25, 0.3) is 0 Å². The molecule has 0 amide bonds. The van der Waals surface area contributed by atoms with Gasteiger partial charge in [0.05, 0.1) is 23.8 Å². The summed E-state index contributed by atoms with van der Waals surface area (Å²) in [5.74, 6) is 0. The van der Waals surface area contributed by atoms with E-state index in [4.69, 9.17) is 0 Å². The summed E-state index contributed by atoms with van der Waals surface area (Å²) in [4.78, 5) is 4.27. The van der Waals surface area contributed by atoms with E-state index in [1.165, 1.54) is 0 Å². The van der Waals surface area contributed by atoms with E-state index in [9.17, 15) is 0 Å². The van der Waals surface area contributed by atoms with E-state index in [1.807, 2.05) is 18.2 Å². The number of nitrogens with zero attached hydrogens (tertiary/aromatic N) is 3. The van der Waals surface area contributed by atoms with Crippen LogP contribution in [0.3, 0.4) is 0 Å². The van der Waals surface area contributed by atoms with Crippen LogP contribution < -0.4 is 48.1 Å². The molecule has 5 nitrogen and oxygen atoms in total. The molecule has 0 saturated heterocycles. The summed E-state index contributed by atoms with van der Waals surface area (Å²) in [6, 6.07) is 5.65. The second kappa shape index (κ2) is 16.5. The van der Waals surface area contributed by atoms with Crippen LogP contribution in [0, 0.1) is 0 Å². The Morgan fingerprint density at radius 1 is 0.944 bits per heavy atom. The van der Waals surface area contributed by atoms with Gasteiger partial charge in [-0.2, -0.15) is 10.2 Å². The van der Waals surface area contributed by atoms with E-state index >= 15 is 0 Å². The monoisotopic (exact) mass is 347 g/mol. The van der Waals surface area contributed by atoms with Crippen molar-refractivity contribution in [1.82, 2.24) is 15.8 Å². The van der Waals surface area contributed by atoms with Gasteiger partial charge in [-0.15, -0.1) is 0 Å². The maximum Gasteiger partial charge on any atom is 3.00 e. The molecule has 0 aliphatic heterocycles. The van der Waals surface area contributed by atoms with Crippen molar-refractivity contribution in [3.8, 4) is 0 Å². The molecule has 0 saturated carbocycles. The second-order valence-corrected chi connectivity index (χ2v) is 2.45. The molecular formula is C9H13Cl3N5V. The summed E-state index contributed by atoms with van der Waals surface area (Å²) in [5, 5.41) is 7.73. The molecule has 0 bridgehead atoms. The van der Waals surface area contributed by atoms with Crippen molar-refractivity contribution in [3.05, 3.63) is 29.6 Å². The zero-order valence-electron chi connectivity index (χ0n) is 9.81. The van der Waals surface area contributed by atoms with Crippen LogP contribution in [0.15, 0.2) is 28.4 Å². The fourth-order valence-electron chi connectivity index (χ4n) is 0.874. The van der Waals surface area contributed by atoms with Crippen molar-refractivity contribution >= 4 is 12.4 Å². The fraction of sp³-hybridized carbons (Fsp3) is 0.222. The van der Waals surface area contributed by atoms with Crippen molar-refractivity contribution in [1.29, 1.82) is 0 Å². The smallest absolute Gasteiger partial charge is 1.00 e. The maximum absolute atomic E-state index is 4.27. The van der Waals surface area contributed by atoms with Gasteiger partial charge in [-0.05, 0) is 12.1 Å². The van der Waals surface area contributed by atoms with E-state index in [-0.39, 0.29) is 55.8 Å². The molecule has 1 heterocycles. The van der Waals surface area contributed by atoms with Crippen LogP contribution in [0.4, 0.5) is 0 Å². The third-order valence-corrected chi connectivity index (χ3v) is 1.44. The molecule has 0 radical (unpaired) electrons. The van der Waals surface area contributed by atoms with Crippen molar-refractivity contribution in [2.75, 3.05) is 14.1 Å². The predicted molar refractivity (Wildman–Crippen MR) is 57.5 cm³/mol. The molecule has 0 aliphatic carbocycles. The minimum absolute atomic E-state index is 0. The fourth-order valence-corrected chi connectivity index (χ4v) is 0.874. The molecule has 0 atom stereocenters. The third kappa shape index (κ3) is 10.7. The average Bonchev–Trinajstić information content (AvgIpc) is 2.24. The minimum atomic E-state index is 0. The van der Waals surface area contributed by atoms with Gasteiger partial charge in [0.1, 0.15) is 0 Å². The molecule has 0 fully saturated rings. The van der Waals surface area contributed by atoms with Crippen molar-refractivity contribution < 1.29 is 55.8 Å². The third-order valence-electron chi connectivity index (χ3n) is 1.44. The molecular weight excluding hydrogens is 335 g/mol. The summed E-state index contributed by atoms with van der Waals surface area (Å²) in [6.07, 6.45) is 3.30. The van der Waals surface area contributed by atoms with Gasteiger partial charge in [0.2, 0.25) is 0 Å².